The molecule has 1 aliphatic rings. The molecule has 31 heavy (non-hydrogen) atoms. The van der Waals surface area contributed by atoms with Crippen LogP contribution in [0, 0.1) is 6.92 Å². The molecule has 0 aliphatic carbocycles. The van der Waals surface area contributed by atoms with Crippen molar-refractivity contribution in [3.63, 3.8) is 0 Å². The van der Waals surface area contributed by atoms with Crippen LogP contribution in [0.4, 0.5) is 5.69 Å². The maximum absolute atomic E-state index is 5.38. The fourth-order valence-corrected chi connectivity index (χ4v) is 3.74. The quantitative estimate of drug-likeness (QED) is 0.364. The van der Waals surface area contributed by atoms with Gasteiger partial charge in [0, 0.05) is 51.0 Å². The van der Waals surface area contributed by atoms with E-state index in [9.17, 15) is 0 Å². The highest BCUT2D eigenvalue weighted by molar-refractivity contribution is 5.79. The van der Waals surface area contributed by atoms with Gasteiger partial charge in [-0.25, -0.2) is 4.99 Å². The third kappa shape index (κ3) is 7.28. The van der Waals surface area contributed by atoms with Crippen LogP contribution in [0.1, 0.15) is 50.1 Å². The summed E-state index contributed by atoms with van der Waals surface area (Å²) in [5.74, 6) is 1.99. The van der Waals surface area contributed by atoms with Crippen molar-refractivity contribution in [3.8, 4) is 0 Å². The zero-order chi connectivity index (χ0) is 22.1. The zero-order valence-corrected chi connectivity index (χ0v) is 19.5. The number of hydrogen-bond acceptors (Lipinski definition) is 5. The van der Waals surface area contributed by atoms with Gasteiger partial charge in [0.1, 0.15) is 6.54 Å². The summed E-state index contributed by atoms with van der Waals surface area (Å²) >= 11 is 0. The second-order valence-corrected chi connectivity index (χ2v) is 8.52. The second-order valence-electron chi connectivity index (χ2n) is 8.52. The van der Waals surface area contributed by atoms with Crippen LogP contribution in [0.3, 0.4) is 0 Å². The van der Waals surface area contributed by atoms with E-state index in [0.29, 0.717) is 12.5 Å². The average Bonchev–Trinajstić information content (AvgIpc) is 3.25. The first-order valence-corrected chi connectivity index (χ1v) is 11.6. The fraction of sp³-hybridized carbons (Fsp3) is 0.583. The molecule has 2 aromatic rings. The number of anilines is 1. The smallest absolute Gasteiger partial charge is 0.191 e. The Morgan fingerprint density at radius 3 is 2.65 bits per heavy atom. The summed E-state index contributed by atoms with van der Waals surface area (Å²) in [5.41, 5.74) is 3.65. The van der Waals surface area contributed by atoms with Gasteiger partial charge in [-0.05, 0) is 50.4 Å². The monoisotopic (exact) mass is 426 g/mol. The lowest BCUT2D eigenvalue weighted by Gasteiger charge is -2.36. The van der Waals surface area contributed by atoms with E-state index in [2.05, 4.69) is 82.5 Å². The Kier molecular flexibility index (Phi) is 8.76. The highest BCUT2D eigenvalue weighted by Gasteiger charge is 2.16. The Hall–Kier alpha value is -2.54. The minimum Gasteiger partial charge on any atom is -0.369 e. The summed E-state index contributed by atoms with van der Waals surface area (Å²) in [6.07, 6.45) is 1.09. The molecule has 0 amide bonds. The average molecular weight is 427 g/mol. The number of nitrogens with one attached hydrogen (secondary N) is 2. The molecular weight excluding hydrogens is 388 g/mol. The lowest BCUT2D eigenvalue weighted by Crippen LogP contribution is -2.47. The van der Waals surface area contributed by atoms with E-state index in [1.807, 2.05) is 6.07 Å². The Morgan fingerprint density at radius 1 is 1.16 bits per heavy atom. The summed E-state index contributed by atoms with van der Waals surface area (Å²) in [4.78, 5) is 9.68. The van der Waals surface area contributed by atoms with Crippen LogP contribution in [0.25, 0.3) is 0 Å². The number of rotatable bonds is 9. The van der Waals surface area contributed by atoms with Gasteiger partial charge in [-0.15, -0.1) is 0 Å². The fourth-order valence-electron chi connectivity index (χ4n) is 3.74. The number of aliphatic imine (C=N–C) groups is 1. The molecule has 0 atom stereocenters. The third-order valence-corrected chi connectivity index (χ3v) is 5.59. The molecule has 0 spiro atoms. The van der Waals surface area contributed by atoms with Gasteiger partial charge in [0.25, 0.3) is 0 Å². The van der Waals surface area contributed by atoms with E-state index in [1.165, 1.54) is 11.3 Å². The van der Waals surface area contributed by atoms with Crippen LogP contribution in [0.15, 0.2) is 39.8 Å². The number of aryl methyl sites for hydroxylation is 1. The number of piperazine rings is 1. The van der Waals surface area contributed by atoms with Crippen LogP contribution in [-0.4, -0.2) is 61.8 Å². The molecule has 1 fully saturated rings. The van der Waals surface area contributed by atoms with Gasteiger partial charge in [0.15, 0.2) is 11.7 Å². The van der Waals surface area contributed by atoms with Gasteiger partial charge in [0.2, 0.25) is 0 Å². The van der Waals surface area contributed by atoms with Crippen LogP contribution in [0.2, 0.25) is 0 Å². The Bertz CT molecular complexity index is 823. The van der Waals surface area contributed by atoms with Gasteiger partial charge >= 0.3 is 0 Å². The van der Waals surface area contributed by atoms with Crippen molar-refractivity contribution in [1.82, 2.24) is 20.7 Å². The zero-order valence-electron chi connectivity index (χ0n) is 19.5. The topological polar surface area (TPSA) is 68.9 Å². The minimum absolute atomic E-state index is 0.367. The predicted octanol–water partition coefficient (Wildman–Crippen LogP) is 3.37. The van der Waals surface area contributed by atoms with Crippen molar-refractivity contribution in [2.75, 3.05) is 50.7 Å². The van der Waals surface area contributed by atoms with Crippen molar-refractivity contribution < 1.29 is 4.52 Å². The standard InChI is InChI=1S/C24H38N6O/c1-5-25-24(27-18-22-17-23(19(2)3)28-31-22)26-10-7-11-29-12-14-30(15-13-29)21-9-6-8-20(4)16-21/h6,8-9,16-17,19H,5,7,10-15,18H2,1-4H3,(H2,25,26,27). The second kappa shape index (κ2) is 11.7. The maximum Gasteiger partial charge on any atom is 0.191 e. The van der Waals surface area contributed by atoms with Gasteiger partial charge in [-0.1, -0.05) is 31.1 Å². The van der Waals surface area contributed by atoms with Crippen LogP contribution in [-0.2, 0) is 6.54 Å². The van der Waals surface area contributed by atoms with Crippen LogP contribution in [0.5, 0.6) is 0 Å². The molecule has 1 saturated heterocycles. The number of nitrogens with zero attached hydrogens (tertiary/aromatic N) is 4. The molecule has 170 valence electrons. The summed E-state index contributed by atoms with van der Waals surface area (Å²) in [6, 6.07) is 10.8. The molecule has 0 unspecified atom stereocenters. The molecule has 7 nitrogen and oxygen atoms in total. The third-order valence-electron chi connectivity index (χ3n) is 5.59. The highest BCUT2D eigenvalue weighted by atomic mass is 16.5. The van der Waals surface area contributed by atoms with Crippen LogP contribution < -0.4 is 15.5 Å². The molecule has 2 heterocycles. The van der Waals surface area contributed by atoms with E-state index in [1.54, 1.807) is 0 Å². The normalized spacial score (nSPS) is 15.5. The molecular formula is C24H38N6O. The van der Waals surface area contributed by atoms with E-state index < -0.39 is 0 Å². The first-order valence-electron chi connectivity index (χ1n) is 11.6. The summed E-state index contributed by atoms with van der Waals surface area (Å²) in [6.45, 7) is 16.2. The molecule has 0 bridgehead atoms. The molecule has 3 rings (SSSR count). The van der Waals surface area contributed by atoms with Gasteiger partial charge in [-0.3, -0.25) is 4.90 Å². The molecule has 2 N–H and O–H groups in total. The van der Waals surface area contributed by atoms with Crippen molar-refractivity contribution in [3.05, 3.63) is 47.3 Å². The first kappa shape index (κ1) is 23.1. The molecule has 0 saturated carbocycles. The predicted molar refractivity (Wildman–Crippen MR) is 128 cm³/mol. The van der Waals surface area contributed by atoms with Gasteiger partial charge in [-0.2, -0.15) is 0 Å². The Labute approximate surface area is 186 Å². The lowest BCUT2D eigenvalue weighted by atomic mass is 10.1. The molecule has 7 heteroatoms. The molecule has 1 aromatic carbocycles. The first-order chi connectivity index (χ1) is 15.0. The Morgan fingerprint density at radius 2 is 1.97 bits per heavy atom. The van der Waals surface area contributed by atoms with Crippen molar-refractivity contribution >= 4 is 11.6 Å². The number of guanidine groups is 1. The van der Waals surface area contributed by atoms with Crippen molar-refractivity contribution in [2.45, 2.75) is 46.6 Å². The van der Waals surface area contributed by atoms with Crippen LogP contribution >= 0.6 is 0 Å². The molecule has 1 aromatic heterocycles. The van der Waals surface area contributed by atoms with E-state index in [-0.39, 0.29) is 0 Å². The van der Waals surface area contributed by atoms with E-state index in [4.69, 9.17) is 4.52 Å². The minimum atomic E-state index is 0.367. The number of aromatic nitrogens is 1. The van der Waals surface area contributed by atoms with E-state index in [0.717, 1.165) is 69.6 Å². The largest absolute Gasteiger partial charge is 0.369 e. The summed E-state index contributed by atoms with van der Waals surface area (Å²) in [7, 11) is 0. The SMILES string of the molecule is CCNC(=NCc1cc(C(C)C)no1)NCCCN1CCN(c2cccc(C)c2)CC1. The van der Waals surface area contributed by atoms with Gasteiger partial charge < -0.3 is 20.1 Å². The van der Waals surface area contributed by atoms with Gasteiger partial charge in [0.05, 0.1) is 5.69 Å². The molecule has 0 radical (unpaired) electrons. The summed E-state index contributed by atoms with van der Waals surface area (Å²) in [5, 5.41) is 10.8. The van der Waals surface area contributed by atoms with E-state index >= 15 is 0 Å². The highest BCUT2D eigenvalue weighted by Crippen LogP contribution is 2.18. The lowest BCUT2D eigenvalue weighted by molar-refractivity contribution is 0.255. The summed E-state index contributed by atoms with van der Waals surface area (Å²) < 4.78 is 5.38. The number of hydrogen-bond donors (Lipinski definition) is 2. The molecule has 1 aliphatic heterocycles. The van der Waals surface area contributed by atoms with Crippen molar-refractivity contribution in [1.29, 1.82) is 0 Å². The number of benzene rings is 1. The maximum atomic E-state index is 5.38. The van der Waals surface area contributed by atoms with Crippen molar-refractivity contribution in [2.24, 2.45) is 4.99 Å². The Balaban J connectivity index is 1.37.